The summed E-state index contributed by atoms with van der Waals surface area (Å²) in [6.07, 6.45) is 2.30. The molecule has 0 saturated carbocycles. The van der Waals surface area contributed by atoms with Gasteiger partial charge in [-0.2, -0.15) is 0 Å². The molecule has 0 amide bonds. The van der Waals surface area contributed by atoms with Crippen molar-refractivity contribution >= 4 is 15.9 Å². The normalized spacial score (nSPS) is 27.1. The molecule has 2 rings (SSSR count). The Morgan fingerprint density at radius 3 is 2.56 bits per heavy atom. The number of rotatable bonds is 3. The first-order valence-electron chi connectivity index (χ1n) is 6.85. The third kappa shape index (κ3) is 3.34. The zero-order valence-electron chi connectivity index (χ0n) is 11.3. The van der Waals surface area contributed by atoms with Crippen LogP contribution in [-0.2, 0) is 0 Å². The van der Waals surface area contributed by atoms with Crippen molar-refractivity contribution in [1.82, 2.24) is 4.90 Å². The lowest BCUT2D eigenvalue weighted by molar-refractivity contribution is 0.112. The lowest BCUT2D eigenvalue weighted by Gasteiger charge is -2.40. The highest BCUT2D eigenvalue weighted by Gasteiger charge is 2.27. The van der Waals surface area contributed by atoms with Crippen molar-refractivity contribution in [3.05, 3.63) is 34.3 Å². The van der Waals surface area contributed by atoms with Crippen LogP contribution in [0.3, 0.4) is 0 Å². The number of benzene rings is 1. The minimum atomic E-state index is 0.332. The Bertz CT molecular complexity index is 367. The van der Waals surface area contributed by atoms with Gasteiger partial charge in [-0.1, -0.05) is 41.9 Å². The Balaban J connectivity index is 2.14. The van der Waals surface area contributed by atoms with E-state index in [0.717, 1.165) is 23.9 Å². The topological polar surface area (TPSA) is 29.3 Å². The van der Waals surface area contributed by atoms with E-state index in [1.807, 2.05) is 0 Å². The van der Waals surface area contributed by atoms with E-state index < -0.39 is 0 Å². The summed E-state index contributed by atoms with van der Waals surface area (Å²) in [4.78, 5) is 2.56. The van der Waals surface area contributed by atoms with Crippen molar-refractivity contribution < 1.29 is 0 Å². The highest BCUT2D eigenvalue weighted by molar-refractivity contribution is 9.10. The lowest BCUT2D eigenvalue weighted by atomic mass is 9.92. The van der Waals surface area contributed by atoms with Gasteiger partial charge < -0.3 is 5.73 Å². The summed E-state index contributed by atoms with van der Waals surface area (Å²) in [5.74, 6) is 0.707. The van der Waals surface area contributed by atoms with E-state index in [4.69, 9.17) is 5.73 Å². The van der Waals surface area contributed by atoms with Gasteiger partial charge in [0.1, 0.15) is 0 Å². The quantitative estimate of drug-likeness (QED) is 0.924. The zero-order chi connectivity index (χ0) is 13.1. The first-order valence-corrected chi connectivity index (χ1v) is 7.64. The summed E-state index contributed by atoms with van der Waals surface area (Å²) in [7, 11) is 0. The van der Waals surface area contributed by atoms with E-state index in [0.29, 0.717) is 18.0 Å². The van der Waals surface area contributed by atoms with Gasteiger partial charge in [0, 0.05) is 29.6 Å². The Hall–Kier alpha value is -0.380. The molecule has 3 unspecified atom stereocenters. The molecule has 18 heavy (non-hydrogen) atoms. The molecule has 2 N–H and O–H groups in total. The number of halogens is 1. The van der Waals surface area contributed by atoms with E-state index in [9.17, 15) is 0 Å². The van der Waals surface area contributed by atoms with Gasteiger partial charge in [0.2, 0.25) is 0 Å². The van der Waals surface area contributed by atoms with Gasteiger partial charge in [-0.3, -0.25) is 4.90 Å². The molecular weight excluding hydrogens is 288 g/mol. The molecule has 0 aliphatic carbocycles. The van der Waals surface area contributed by atoms with E-state index in [1.165, 1.54) is 12.1 Å². The van der Waals surface area contributed by atoms with Gasteiger partial charge in [0.15, 0.2) is 0 Å². The summed E-state index contributed by atoms with van der Waals surface area (Å²) in [5, 5.41) is 0. The van der Waals surface area contributed by atoms with Gasteiger partial charge in [0.05, 0.1) is 0 Å². The predicted molar refractivity (Wildman–Crippen MR) is 80.5 cm³/mol. The van der Waals surface area contributed by atoms with Crippen LogP contribution in [-0.4, -0.2) is 24.0 Å². The van der Waals surface area contributed by atoms with Crippen LogP contribution in [0, 0.1) is 5.92 Å². The number of nitrogens with two attached hydrogens (primary N) is 1. The smallest absolute Gasteiger partial charge is 0.0346 e. The SMILES string of the molecule is CCC(c1ccc(Br)cc1)N1CC(C)CC(N)C1. The second kappa shape index (κ2) is 6.18. The maximum atomic E-state index is 6.16. The molecule has 3 heteroatoms. The highest BCUT2D eigenvalue weighted by atomic mass is 79.9. The fourth-order valence-corrected chi connectivity index (χ4v) is 3.35. The maximum absolute atomic E-state index is 6.16. The van der Waals surface area contributed by atoms with E-state index in [2.05, 4.69) is 58.9 Å². The van der Waals surface area contributed by atoms with Crippen molar-refractivity contribution in [1.29, 1.82) is 0 Å². The highest BCUT2D eigenvalue weighted by Crippen LogP contribution is 2.29. The third-order valence-electron chi connectivity index (χ3n) is 3.80. The molecule has 0 radical (unpaired) electrons. The molecule has 1 aliphatic rings. The fourth-order valence-electron chi connectivity index (χ4n) is 3.09. The molecule has 1 aromatic carbocycles. The van der Waals surface area contributed by atoms with Crippen LogP contribution in [0.15, 0.2) is 28.7 Å². The molecule has 1 saturated heterocycles. The molecule has 1 aliphatic heterocycles. The Morgan fingerprint density at radius 1 is 1.33 bits per heavy atom. The third-order valence-corrected chi connectivity index (χ3v) is 4.33. The standard InChI is InChI=1S/C15H23BrN2/c1-3-15(12-4-6-13(16)7-5-12)18-9-11(2)8-14(17)10-18/h4-7,11,14-15H,3,8-10,17H2,1-2H3. The zero-order valence-corrected chi connectivity index (χ0v) is 12.9. The molecule has 1 aromatic rings. The van der Waals surface area contributed by atoms with Crippen molar-refractivity contribution in [3.63, 3.8) is 0 Å². The minimum absolute atomic E-state index is 0.332. The van der Waals surface area contributed by atoms with Crippen LogP contribution in [0.2, 0.25) is 0 Å². The van der Waals surface area contributed by atoms with Crippen LogP contribution < -0.4 is 5.73 Å². The molecule has 0 spiro atoms. The Kier molecular flexibility index (Phi) is 4.82. The van der Waals surface area contributed by atoms with Gasteiger partial charge in [0.25, 0.3) is 0 Å². The number of piperidine rings is 1. The summed E-state index contributed by atoms with van der Waals surface area (Å²) in [6, 6.07) is 9.55. The second-order valence-corrected chi connectivity index (χ2v) is 6.45. The van der Waals surface area contributed by atoms with Gasteiger partial charge in [-0.25, -0.2) is 0 Å². The second-order valence-electron chi connectivity index (χ2n) is 5.53. The number of hydrogen-bond donors (Lipinski definition) is 1. The number of likely N-dealkylation sites (tertiary alicyclic amines) is 1. The minimum Gasteiger partial charge on any atom is -0.327 e. The molecule has 100 valence electrons. The van der Waals surface area contributed by atoms with E-state index in [-0.39, 0.29) is 0 Å². The fraction of sp³-hybridized carbons (Fsp3) is 0.600. The van der Waals surface area contributed by atoms with Gasteiger partial charge >= 0.3 is 0 Å². The first kappa shape index (κ1) is 14.0. The molecule has 3 atom stereocenters. The Labute approximate surface area is 119 Å². The Morgan fingerprint density at radius 2 is 2.00 bits per heavy atom. The predicted octanol–water partition coefficient (Wildman–Crippen LogP) is 3.57. The maximum Gasteiger partial charge on any atom is 0.0346 e. The molecule has 1 fully saturated rings. The van der Waals surface area contributed by atoms with Crippen LogP contribution in [0.1, 0.15) is 38.3 Å². The first-order chi connectivity index (χ1) is 8.60. The number of hydrogen-bond acceptors (Lipinski definition) is 2. The number of nitrogens with zero attached hydrogens (tertiary/aromatic N) is 1. The van der Waals surface area contributed by atoms with Gasteiger partial charge in [-0.15, -0.1) is 0 Å². The van der Waals surface area contributed by atoms with Crippen LogP contribution >= 0.6 is 15.9 Å². The van der Waals surface area contributed by atoms with E-state index >= 15 is 0 Å². The summed E-state index contributed by atoms with van der Waals surface area (Å²) in [5.41, 5.74) is 7.57. The molecule has 2 nitrogen and oxygen atoms in total. The lowest BCUT2D eigenvalue weighted by Crippen LogP contribution is -2.47. The van der Waals surface area contributed by atoms with Gasteiger partial charge in [-0.05, 0) is 36.5 Å². The van der Waals surface area contributed by atoms with Crippen molar-refractivity contribution in [2.75, 3.05) is 13.1 Å². The molecule has 0 bridgehead atoms. The van der Waals surface area contributed by atoms with Crippen LogP contribution in [0.5, 0.6) is 0 Å². The van der Waals surface area contributed by atoms with Crippen molar-refractivity contribution in [2.45, 2.75) is 38.8 Å². The van der Waals surface area contributed by atoms with E-state index in [1.54, 1.807) is 0 Å². The largest absolute Gasteiger partial charge is 0.327 e. The van der Waals surface area contributed by atoms with Crippen molar-refractivity contribution in [3.8, 4) is 0 Å². The average molecular weight is 311 g/mol. The molecule has 0 aromatic heterocycles. The molecule has 1 heterocycles. The molecular formula is C15H23BrN2. The van der Waals surface area contributed by atoms with Crippen molar-refractivity contribution in [2.24, 2.45) is 11.7 Å². The average Bonchev–Trinajstić information content (AvgIpc) is 2.31. The summed E-state index contributed by atoms with van der Waals surface area (Å²) >= 11 is 3.50. The van der Waals surface area contributed by atoms with Crippen LogP contribution in [0.25, 0.3) is 0 Å². The summed E-state index contributed by atoms with van der Waals surface area (Å²) in [6.45, 7) is 6.76. The van der Waals surface area contributed by atoms with Crippen LogP contribution in [0.4, 0.5) is 0 Å². The summed E-state index contributed by atoms with van der Waals surface area (Å²) < 4.78 is 1.14. The monoisotopic (exact) mass is 310 g/mol.